The van der Waals surface area contributed by atoms with Gasteiger partial charge in [-0.1, -0.05) is 19.1 Å². The molecule has 0 amide bonds. The second-order valence-corrected chi connectivity index (χ2v) is 5.76. The molecular weight excluding hydrogens is 264 g/mol. The van der Waals surface area contributed by atoms with Gasteiger partial charge in [0.15, 0.2) is 0 Å². The van der Waals surface area contributed by atoms with Gasteiger partial charge in [0.2, 0.25) is 0 Å². The summed E-state index contributed by atoms with van der Waals surface area (Å²) in [4.78, 5) is 2.47. The molecule has 0 aliphatic carbocycles. The SMILES string of the molecule is CCNC(CN1CCOCC1)c1ccc(OC(C)C)cc1. The van der Waals surface area contributed by atoms with Crippen LogP contribution in [-0.4, -0.2) is 50.4 Å². The number of likely N-dealkylation sites (N-methyl/N-ethyl adjacent to an activating group) is 1. The number of nitrogens with zero attached hydrogens (tertiary/aromatic N) is 1. The van der Waals surface area contributed by atoms with E-state index in [1.807, 2.05) is 13.8 Å². The van der Waals surface area contributed by atoms with Crippen molar-refractivity contribution in [3.05, 3.63) is 29.8 Å². The molecule has 4 nitrogen and oxygen atoms in total. The third-order valence-corrected chi connectivity index (χ3v) is 3.65. The van der Waals surface area contributed by atoms with E-state index in [4.69, 9.17) is 9.47 Å². The number of nitrogens with one attached hydrogen (secondary N) is 1. The Balaban J connectivity index is 1.99. The van der Waals surface area contributed by atoms with Gasteiger partial charge in [0, 0.05) is 25.7 Å². The summed E-state index contributed by atoms with van der Waals surface area (Å²) < 4.78 is 11.1. The molecule has 1 unspecified atom stereocenters. The number of morpholine rings is 1. The van der Waals surface area contributed by atoms with Gasteiger partial charge >= 0.3 is 0 Å². The van der Waals surface area contributed by atoms with Gasteiger partial charge in [-0.15, -0.1) is 0 Å². The van der Waals surface area contributed by atoms with E-state index >= 15 is 0 Å². The molecule has 1 aliphatic rings. The Morgan fingerprint density at radius 1 is 1.19 bits per heavy atom. The highest BCUT2D eigenvalue weighted by atomic mass is 16.5. The quantitative estimate of drug-likeness (QED) is 0.837. The van der Waals surface area contributed by atoms with E-state index in [2.05, 4.69) is 41.4 Å². The number of hydrogen-bond acceptors (Lipinski definition) is 4. The lowest BCUT2D eigenvalue weighted by molar-refractivity contribution is 0.0335. The molecule has 0 aromatic heterocycles. The summed E-state index contributed by atoms with van der Waals surface area (Å²) in [6, 6.07) is 8.84. The zero-order valence-electron chi connectivity index (χ0n) is 13.5. The lowest BCUT2D eigenvalue weighted by Crippen LogP contribution is -2.41. The molecule has 0 radical (unpaired) electrons. The summed E-state index contributed by atoms with van der Waals surface area (Å²) in [7, 11) is 0. The summed E-state index contributed by atoms with van der Waals surface area (Å²) in [6.45, 7) is 12.0. The molecule has 1 aromatic carbocycles. The minimum atomic E-state index is 0.216. The molecule has 1 saturated heterocycles. The first-order chi connectivity index (χ1) is 10.2. The van der Waals surface area contributed by atoms with Gasteiger partial charge in [0.05, 0.1) is 19.3 Å². The highest BCUT2D eigenvalue weighted by Gasteiger charge is 2.17. The van der Waals surface area contributed by atoms with Crippen molar-refractivity contribution in [1.29, 1.82) is 0 Å². The smallest absolute Gasteiger partial charge is 0.119 e. The van der Waals surface area contributed by atoms with Crippen LogP contribution in [0.5, 0.6) is 5.75 Å². The Bertz CT molecular complexity index is 400. The van der Waals surface area contributed by atoms with Gasteiger partial charge in [-0.2, -0.15) is 0 Å². The molecule has 2 rings (SSSR count). The van der Waals surface area contributed by atoms with Crippen molar-refractivity contribution in [1.82, 2.24) is 10.2 Å². The van der Waals surface area contributed by atoms with Crippen molar-refractivity contribution >= 4 is 0 Å². The first-order valence-corrected chi connectivity index (χ1v) is 7.99. The van der Waals surface area contributed by atoms with Crippen molar-refractivity contribution in [2.75, 3.05) is 39.4 Å². The van der Waals surface area contributed by atoms with E-state index in [1.165, 1.54) is 5.56 Å². The van der Waals surface area contributed by atoms with Gasteiger partial charge in [-0.05, 0) is 38.1 Å². The minimum absolute atomic E-state index is 0.216. The predicted molar refractivity (Wildman–Crippen MR) is 85.9 cm³/mol. The molecule has 4 heteroatoms. The lowest BCUT2D eigenvalue weighted by Gasteiger charge is -2.31. The Kier molecular flexibility index (Phi) is 6.49. The number of rotatable bonds is 7. The molecule has 21 heavy (non-hydrogen) atoms. The van der Waals surface area contributed by atoms with Crippen molar-refractivity contribution in [3.8, 4) is 5.75 Å². The third-order valence-electron chi connectivity index (χ3n) is 3.65. The number of hydrogen-bond donors (Lipinski definition) is 1. The van der Waals surface area contributed by atoms with Gasteiger partial charge in [0.25, 0.3) is 0 Å². The average molecular weight is 292 g/mol. The number of benzene rings is 1. The Hall–Kier alpha value is -1.10. The van der Waals surface area contributed by atoms with E-state index in [9.17, 15) is 0 Å². The predicted octanol–water partition coefficient (Wildman–Crippen LogP) is 2.46. The maximum Gasteiger partial charge on any atom is 0.119 e. The molecule has 118 valence electrons. The normalized spacial score (nSPS) is 17.9. The standard InChI is InChI=1S/C17H28N2O2/c1-4-18-17(13-19-9-11-20-12-10-19)15-5-7-16(8-6-15)21-14(2)3/h5-8,14,17-18H,4,9-13H2,1-3H3. The van der Waals surface area contributed by atoms with Crippen molar-refractivity contribution < 1.29 is 9.47 Å². The van der Waals surface area contributed by atoms with Crippen LogP contribution >= 0.6 is 0 Å². The van der Waals surface area contributed by atoms with E-state index in [1.54, 1.807) is 0 Å². The van der Waals surface area contributed by atoms with Crippen LogP contribution in [0.15, 0.2) is 24.3 Å². The second kappa shape index (κ2) is 8.37. The topological polar surface area (TPSA) is 33.7 Å². The molecule has 0 spiro atoms. The van der Waals surface area contributed by atoms with Crippen LogP contribution in [0.2, 0.25) is 0 Å². The molecule has 0 bridgehead atoms. The van der Waals surface area contributed by atoms with Crippen LogP contribution in [0, 0.1) is 0 Å². The molecule has 1 aromatic rings. The van der Waals surface area contributed by atoms with Gasteiger partial charge in [0.1, 0.15) is 5.75 Å². The highest BCUT2D eigenvalue weighted by Crippen LogP contribution is 2.20. The van der Waals surface area contributed by atoms with E-state index in [0.717, 1.165) is 45.1 Å². The first-order valence-electron chi connectivity index (χ1n) is 7.99. The van der Waals surface area contributed by atoms with E-state index in [-0.39, 0.29) is 6.10 Å². The monoisotopic (exact) mass is 292 g/mol. The zero-order chi connectivity index (χ0) is 15.1. The van der Waals surface area contributed by atoms with Gasteiger partial charge in [-0.25, -0.2) is 0 Å². The summed E-state index contributed by atoms with van der Waals surface area (Å²) in [6.07, 6.45) is 0.216. The van der Waals surface area contributed by atoms with Gasteiger partial charge in [-0.3, -0.25) is 4.90 Å². The summed E-state index contributed by atoms with van der Waals surface area (Å²) in [5.41, 5.74) is 1.32. The molecule has 1 heterocycles. The molecule has 1 atom stereocenters. The first kappa shape index (κ1) is 16.3. The molecule has 1 aliphatic heterocycles. The molecular formula is C17H28N2O2. The Labute approximate surface area is 128 Å². The second-order valence-electron chi connectivity index (χ2n) is 5.76. The van der Waals surface area contributed by atoms with Crippen LogP contribution in [0.25, 0.3) is 0 Å². The lowest BCUT2D eigenvalue weighted by atomic mass is 10.1. The Morgan fingerprint density at radius 3 is 2.43 bits per heavy atom. The summed E-state index contributed by atoms with van der Waals surface area (Å²) >= 11 is 0. The minimum Gasteiger partial charge on any atom is -0.491 e. The summed E-state index contributed by atoms with van der Waals surface area (Å²) in [5, 5.41) is 3.58. The fourth-order valence-corrected chi connectivity index (χ4v) is 2.63. The highest BCUT2D eigenvalue weighted by molar-refractivity contribution is 5.29. The van der Waals surface area contributed by atoms with E-state index < -0.39 is 0 Å². The average Bonchev–Trinajstić information content (AvgIpc) is 2.48. The van der Waals surface area contributed by atoms with Gasteiger partial charge < -0.3 is 14.8 Å². The molecule has 0 saturated carbocycles. The van der Waals surface area contributed by atoms with Crippen molar-refractivity contribution in [2.24, 2.45) is 0 Å². The van der Waals surface area contributed by atoms with Crippen LogP contribution in [-0.2, 0) is 4.74 Å². The maximum atomic E-state index is 5.71. The number of ether oxygens (including phenoxy) is 2. The maximum absolute atomic E-state index is 5.71. The fraction of sp³-hybridized carbons (Fsp3) is 0.647. The van der Waals surface area contributed by atoms with Crippen molar-refractivity contribution in [3.63, 3.8) is 0 Å². The van der Waals surface area contributed by atoms with Crippen molar-refractivity contribution in [2.45, 2.75) is 32.9 Å². The largest absolute Gasteiger partial charge is 0.491 e. The van der Waals surface area contributed by atoms with Crippen LogP contribution in [0.1, 0.15) is 32.4 Å². The molecule has 1 N–H and O–H groups in total. The van der Waals surface area contributed by atoms with Crippen LogP contribution in [0.3, 0.4) is 0 Å². The third kappa shape index (κ3) is 5.30. The van der Waals surface area contributed by atoms with E-state index in [0.29, 0.717) is 6.04 Å². The fourth-order valence-electron chi connectivity index (χ4n) is 2.63. The van der Waals surface area contributed by atoms with Crippen LogP contribution in [0.4, 0.5) is 0 Å². The zero-order valence-corrected chi connectivity index (χ0v) is 13.5. The molecule has 1 fully saturated rings. The van der Waals surface area contributed by atoms with Crippen LogP contribution < -0.4 is 10.1 Å². The Morgan fingerprint density at radius 2 is 1.86 bits per heavy atom. The summed E-state index contributed by atoms with van der Waals surface area (Å²) in [5.74, 6) is 0.940.